The predicted molar refractivity (Wildman–Crippen MR) is 189 cm³/mol. The summed E-state index contributed by atoms with van der Waals surface area (Å²) in [6, 6.07) is 11.0. The lowest BCUT2D eigenvalue weighted by Gasteiger charge is -2.34. The topological polar surface area (TPSA) is 103 Å². The Labute approximate surface area is 273 Å². The highest BCUT2D eigenvalue weighted by Gasteiger charge is 2.36. The van der Waals surface area contributed by atoms with Crippen molar-refractivity contribution < 1.29 is 4.79 Å². The number of carbonyl (C=O) groups excluding carboxylic acids is 1. The lowest BCUT2D eigenvalue weighted by atomic mass is 9.85. The Hall–Kier alpha value is -4.04. The first kappa shape index (κ1) is 33.3. The second-order valence-corrected chi connectivity index (χ2v) is 14.5. The Morgan fingerprint density at radius 3 is 2.26 bits per heavy atom. The van der Waals surface area contributed by atoms with Gasteiger partial charge in [-0.05, 0) is 99.4 Å². The maximum Gasteiger partial charge on any atom is 0.234 e. The molecule has 244 valence electrons. The first-order valence-corrected chi connectivity index (χ1v) is 16.7. The normalized spacial score (nSPS) is 12.9. The molecular weight excluding hydrogens is 570 g/mol. The third-order valence-electron chi connectivity index (χ3n) is 8.73. The molecule has 1 aromatic carbocycles. The zero-order valence-corrected chi connectivity index (χ0v) is 29.1. The van der Waals surface area contributed by atoms with Crippen LogP contribution in [0.2, 0.25) is 0 Å². The van der Waals surface area contributed by atoms with Gasteiger partial charge in [-0.1, -0.05) is 51.8 Å². The summed E-state index contributed by atoms with van der Waals surface area (Å²) in [5.41, 5.74) is 9.91. The van der Waals surface area contributed by atoms with Crippen LogP contribution in [0.4, 0.5) is 0 Å². The van der Waals surface area contributed by atoms with Gasteiger partial charge in [-0.25, -0.2) is 9.97 Å². The number of aryl methyl sites for hydroxylation is 2. The highest BCUT2D eigenvalue weighted by molar-refractivity contribution is 5.93. The van der Waals surface area contributed by atoms with E-state index in [0.29, 0.717) is 11.8 Å². The summed E-state index contributed by atoms with van der Waals surface area (Å²) < 4.78 is 0. The molecule has 0 aliphatic heterocycles. The van der Waals surface area contributed by atoms with E-state index < -0.39 is 5.41 Å². The maximum atomic E-state index is 14.1. The van der Waals surface area contributed by atoms with Crippen LogP contribution in [0.1, 0.15) is 82.3 Å². The first-order valence-electron chi connectivity index (χ1n) is 16.7. The van der Waals surface area contributed by atoms with Crippen molar-refractivity contribution in [2.75, 3.05) is 26.2 Å². The summed E-state index contributed by atoms with van der Waals surface area (Å²) >= 11 is 0. The number of benzene rings is 1. The number of amides is 1. The van der Waals surface area contributed by atoms with Crippen molar-refractivity contribution in [1.82, 2.24) is 35.1 Å². The number of hydrogen-bond donors (Lipinski definition) is 3. The largest absolute Gasteiger partial charge is 0.353 e. The Morgan fingerprint density at radius 2 is 1.59 bits per heavy atom. The van der Waals surface area contributed by atoms with E-state index in [4.69, 9.17) is 4.98 Å². The van der Waals surface area contributed by atoms with Gasteiger partial charge in [0.25, 0.3) is 0 Å². The number of fused-ring (bicyclic) bond motifs is 2. The van der Waals surface area contributed by atoms with Gasteiger partial charge in [0, 0.05) is 31.2 Å². The van der Waals surface area contributed by atoms with Crippen LogP contribution in [-0.4, -0.2) is 61.9 Å². The summed E-state index contributed by atoms with van der Waals surface area (Å²) in [7, 11) is 0. The molecule has 5 aromatic rings. The third-order valence-corrected chi connectivity index (χ3v) is 8.73. The van der Waals surface area contributed by atoms with Gasteiger partial charge in [0.2, 0.25) is 5.91 Å². The minimum Gasteiger partial charge on any atom is -0.353 e. The number of imidazole rings is 1. The van der Waals surface area contributed by atoms with E-state index in [2.05, 4.69) is 104 Å². The predicted octanol–water partition coefficient (Wildman–Crippen LogP) is 7.47. The van der Waals surface area contributed by atoms with E-state index in [0.717, 1.165) is 66.1 Å². The molecule has 4 aromatic heterocycles. The molecule has 8 heteroatoms. The van der Waals surface area contributed by atoms with Crippen LogP contribution >= 0.6 is 0 Å². The van der Waals surface area contributed by atoms with Crippen LogP contribution in [0, 0.1) is 25.7 Å². The molecule has 0 fully saturated rings. The number of nitrogens with zero attached hydrogens (tertiary/aromatic N) is 4. The average molecular weight is 622 g/mol. The molecule has 0 radical (unpaired) electrons. The van der Waals surface area contributed by atoms with Crippen molar-refractivity contribution in [3.05, 3.63) is 77.0 Å². The number of pyridine rings is 2. The minimum absolute atomic E-state index is 0.130. The van der Waals surface area contributed by atoms with Crippen LogP contribution in [-0.2, 0) is 16.6 Å². The van der Waals surface area contributed by atoms with Crippen LogP contribution < -0.4 is 5.32 Å². The van der Waals surface area contributed by atoms with Crippen LogP contribution in [0.3, 0.4) is 0 Å². The van der Waals surface area contributed by atoms with Crippen molar-refractivity contribution >= 4 is 28.0 Å². The van der Waals surface area contributed by atoms with E-state index in [1.54, 1.807) is 6.33 Å². The van der Waals surface area contributed by atoms with Gasteiger partial charge >= 0.3 is 0 Å². The van der Waals surface area contributed by atoms with Gasteiger partial charge in [-0.15, -0.1) is 0 Å². The number of nitrogens with one attached hydrogen (secondary N) is 3. The fraction of sp³-hybridized carbons (Fsp3) is 0.474. The first-order chi connectivity index (χ1) is 21.8. The number of rotatable bonds is 13. The number of H-pyrrole nitrogens is 2. The molecule has 0 saturated carbocycles. The number of aromatic amines is 2. The molecule has 5 rings (SSSR count). The van der Waals surface area contributed by atoms with E-state index in [1.807, 2.05) is 31.1 Å². The zero-order chi connectivity index (χ0) is 33.2. The van der Waals surface area contributed by atoms with Crippen molar-refractivity contribution in [3.63, 3.8) is 0 Å². The Balaban J connectivity index is 1.46. The highest BCUT2D eigenvalue weighted by Crippen LogP contribution is 2.38. The quantitative estimate of drug-likeness (QED) is 0.118. The zero-order valence-electron chi connectivity index (χ0n) is 29.1. The van der Waals surface area contributed by atoms with E-state index in [9.17, 15) is 4.79 Å². The van der Waals surface area contributed by atoms with Crippen LogP contribution in [0.25, 0.3) is 33.3 Å². The molecule has 0 aliphatic carbocycles. The summed E-state index contributed by atoms with van der Waals surface area (Å²) in [5, 5.41) is 4.83. The summed E-state index contributed by atoms with van der Waals surface area (Å²) in [4.78, 5) is 36.6. The second kappa shape index (κ2) is 13.8. The molecule has 3 N–H and O–H groups in total. The Morgan fingerprint density at radius 1 is 0.891 bits per heavy atom. The molecule has 8 nitrogen and oxygen atoms in total. The van der Waals surface area contributed by atoms with E-state index in [1.165, 1.54) is 27.8 Å². The van der Waals surface area contributed by atoms with Crippen molar-refractivity contribution in [1.29, 1.82) is 0 Å². The summed E-state index contributed by atoms with van der Waals surface area (Å²) in [6.45, 7) is 22.4. The fourth-order valence-electron chi connectivity index (χ4n) is 6.60. The van der Waals surface area contributed by atoms with Gasteiger partial charge < -0.3 is 20.2 Å². The molecule has 1 atom stereocenters. The monoisotopic (exact) mass is 621 g/mol. The molecule has 46 heavy (non-hydrogen) atoms. The van der Waals surface area contributed by atoms with Crippen molar-refractivity contribution in [2.24, 2.45) is 11.8 Å². The third kappa shape index (κ3) is 7.33. The molecule has 4 heterocycles. The molecule has 0 aliphatic rings. The number of hydrogen-bond acceptors (Lipinski definition) is 5. The Bertz CT molecular complexity index is 1780. The van der Waals surface area contributed by atoms with Gasteiger partial charge in [-0.3, -0.25) is 9.78 Å². The van der Waals surface area contributed by atoms with E-state index >= 15 is 0 Å². The van der Waals surface area contributed by atoms with Crippen LogP contribution in [0.5, 0.6) is 0 Å². The molecule has 0 bridgehead atoms. The van der Waals surface area contributed by atoms with E-state index in [-0.39, 0.29) is 11.8 Å². The number of aromatic nitrogens is 5. The van der Waals surface area contributed by atoms with Crippen molar-refractivity contribution in [3.8, 4) is 11.3 Å². The molecular formula is C38H51N7O. The van der Waals surface area contributed by atoms with Crippen LogP contribution in [0.15, 0.2) is 49.1 Å². The molecule has 0 saturated heterocycles. The standard InChI is InChI=1S/C38H51N7O/c1-23(2)20-45(21-24(3)4)37(46)38(8,9)33-16-30-32(19-40-33)44-35(29-13-25(5)12-26(6)14-29)34(30)27(7)17-39-11-10-28-15-31-36(41-18-28)43-22-42-31/h12-16,18-19,22-24,27,39,44H,10-11,17,20-21H2,1-9H3,(H,41,42,43)/t27-/m1/s1. The van der Waals surface area contributed by atoms with Gasteiger partial charge in [0.05, 0.1) is 40.4 Å². The second-order valence-electron chi connectivity index (χ2n) is 14.5. The smallest absolute Gasteiger partial charge is 0.234 e. The molecule has 0 unspecified atom stereocenters. The SMILES string of the molecule is Cc1cc(C)cc(-c2[nH]c3cnc(C(C)(C)C(=O)N(CC(C)C)CC(C)C)cc3c2[C@H](C)CNCCc2cnc3nc[nH]c3c2)c1. The maximum absolute atomic E-state index is 14.1. The highest BCUT2D eigenvalue weighted by atomic mass is 16.2. The minimum atomic E-state index is -0.766. The summed E-state index contributed by atoms with van der Waals surface area (Å²) in [6.07, 6.45) is 6.39. The van der Waals surface area contributed by atoms with Gasteiger partial charge in [0.15, 0.2) is 5.65 Å². The lowest BCUT2D eigenvalue weighted by Crippen LogP contribution is -2.46. The van der Waals surface area contributed by atoms with Crippen molar-refractivity contribution in [2.45, 2.75) is 80.1 Å². The average Bonchev–Trinajstić information content (AvgIpc) is 3.61. The fourth-order valence-corrected chi connectivity index (χ4v) is 6.60. The molecule has 1 amide bonds. The van der Waals surface area contributed by atoms with Gasteiger partial charge in [0.1, 0.15) is 0 Å². The summed E-state index contributed by atoms with van der Waals surface area (Å²) in [5.74, 6) is 1.11. The Kier molecular flexibility index (Phi) is 9.96. The lowest BCUT2D eigenvalue weighted by molar-refractivity contribution is -0.137. The van der Waals surface area contributed by atoms with Gasteiger partial charge in [-0.2, -0.15) is 0 Å². The number of carbonyl (C=O) groups is 1. The molecule has 0 spiro atoms.